The normalized spacial score (nSPS) is 11.5. The summed E-state index contributed by atoms with van der Waals surface area (Å²) < 4.78 is 0. The van der Waals surface area contributed by atoms with E-state index in [2.05, 4.69) is 55.2 Å². The maximum absolute atomic E-state index is 4.58. The molecule has 0 amide bonds. The van der Waals surface area contributed by atoms with Crippen molar-refractivity contribution < 1.29 is 0 Å². The third-order valence-electron chi connectivity index (χ3n) is 2.24. The molecule has 2 heteroatoms. The first-order valence-corrected chi connectivity index (χ1v) is 5.48. The maximum atomic E-state index is 4.58. The van der Waals surface area contributed by atoms with Gasteiger partial charge in [-0.05, 0) is 12.0 Å². The molecule has 0 N–H and O–H groups in total. The molecule has 1 aromatic carbocycles. The van der Waals surface area contributed by atoms with E-state index in [1.54, 1.807) is 0 Å². The predicted molar refractivity (Wildman–Crippen MR) is 66.4 cm³/mol. The Morgan fingerprint density at radius 1 is 1.20 bits per heavy atom. The second kappa shape index (κ2) is 6.23. The van der Waals surface area contributed by atoms with Crippen molar-refractivity contribution in [2.75, 3.05) is 20.6 Å². The van der Waals surface area contributed by atoms with E-state index in [4.69, 9.17) is 0 Å². The van der Waals surface area contributed by atoms with Crippen LogP contribution in [0.4, 0.5) is 0 Å². The number of aliphatic imine (C=N–C) groups is 1. The zero-order valence-electron chi connectivity index (χ0n) is 9.90. The average Bonchev–Trinajstić information content (AvgIpc) is 2.25. The first-order valence-electron chi connectivity index (χ1n) is 5.48. The summed E-state index contributed by atoms with van der Waals surface area (Å²) in [6.45, 7) is 3.07. The van der Waals surface area contributed by atoms with E-state index in [1.165, 1.54) is 5.56 Å². The first-order chi connectivity index (χ1) is 7.24. The van der Waals surface area contributed by atoms with E-state index in [0.717, 1.165) is 25.2 Å². The highest BCUT2D eigenvalue weighted by Crippen LogP contribution is 2.02. The van der Waals surface area contributed by atoms with Gasteiger partial charge in [-0.2, -0.15) is 0 Å². The Kier molecular flexibility index (Phi) is 4.88. The molecule has 0 aromatic heterocycles. The van der Waals surface area contributed by atoms with Crippen LogP contribution in [-0.4, -0.2) is 31.4 Å². The van der Waals surface area contributed by atoms with Gasteiger partial charge >= 0.3 is 0 Å². The minimum atomic E-state index is 0.917. The lowest BCUT2D eigenvalue weighted by Gasteiger charge is -2.16. The second-order valence-electron chi connectivity index (χ2n) is 3.85. The monoisotopic (exact) mass is 204 g/mol. The lowest BCUT2D eigenvalue weighted by Crippen LogP contribution is -2.24. The van der Waals surface area contributed by atoms with Crippen molar-refractivity contribution in [3.63, 3.8) is 0 Å². The molecule has 0 spiro atoms. The lowest BCUT2D eigenvalue weighted by atomic mass is 10.1. The highest BCUT2D eigenvalue weighted by Gasteiger charge is 2.02. The van der Waals surface area contributed by atoms with Crippen LogP contribution in [-0.2, 0) is 6.42 Å². The lowest BCUT2D eigenvalue weighted by molar-refractivity contribution is 0.604. The molecule has 0 saturated carbocycles. The van der Waals surface area contributed by atoms with Crippen LogP contribution in [0.3, 0.4) is 0 Å². The Bertz CT molecular complexity index is 302. The highest BCUT2D eigenvalue weighted by molar-refractivity contribution is 5.84. The molecule has 0 aliphatic rings. The molecule has 0 atom stereocenters. The number of hydrogen-bond donors (Lipinski definition) is 0. The van der Waals surface area contributed by atoms with Gasteiger partial charge in [0.15, 0.2) is 0 Å². The van der Waals surface area contributed by atoms with Crippen molar-refractivity contribution in [3.05, 3.63) is 35.9 Å². The summed E-state index contributed by atoms with van der Waals surface area (Å²) in [5.74, 6) is 1.16. The van der Waals surface area contributed by atoms with Crippen LogP contribution in [0.15, 0.2) is 35.3 Å². The Morgan fingerprint density at radius 2 is 1.87 bits per heavy atom. The first kappa shape index (κ1) is 11.8. The van der Waals surface area contributed by atoms with E-state index in [9.17, 15) is 0 Å². The molecule has 0 unspecified atom stereocenters. The topological polar surface area (TPSA) is 15.6 Å². The van der Waals surface area contributed by atoms with Gasteiger partial charge in [0.2, 0.25) is 0 Å². The van der Waals surface area contributed by atoms with Gasteiger partial charge < -0.3 is 4.90 Å². The van der Waals surface area contributed by atoms with Crippen molar-refractivity contribution in [1.82, 2.24) is 4.90 Å². The van der Waals surface area contributed by atoms with Gasteiger partial charge in [0.1, 0.15) is 5.84 Å². The largest absolute Gasteiger partial charge is 0.366 e. The fourth-order valence-corrected chi connectivity index (χ4v) is 1.37. The number of hydrogen-bond acceptors (Lipinski definition) is 1. The molecule has 0 bridgehead atoms. The van der Waals surface area contributed by atoms with Crippen LogP contribution in [0.5, 0.6) is 0 Å². The Labute approximate surface area is 92.6 Å². The summed E-state index contributed by atoms with van der Waals surface area (Å²) >= 11 is 0. The number of amidine groups is 1. The smallest absolute Gasteiger partial charge is 0.103 e. The molecule has 0 radical (unpaired) electrons. The second-order valence-corrected chi connectivity index (χ2v) is 3.85. The molecular weight excluding hydrogens is 184 g/mol. The fraction of sp³-hybridized carbons (Fsp3) is 0.462. The fourth-order valence-electron chi connectivity index (χ4n) is 1.37. The van der Waals surface area contributed by atoms with E-state index >= 15 is 0 Å². The van der Waals surface area contributed by atoms with Crippen molar-refractivity contribution in [2.45, 2.75) is 19.8 Å². The van der Waals surface area contributed by atoms with E-state index in [1.807, 2.05) is 6.07 Å². The summed E-state index contributed by atoms with van der Waals surface area (Å²) in [5, 5.41) is 0. The molecule has 1 rings (SSSR count). The molecule has 1 aromatic rings. The minimum absolute atomic E-state index is 0.917. The predicted octanol–water partition coefficient (Wildman–Crippen LogP) is 2.60. The minimum Gasteiger partial charge on any atom is -0.366 e. The third kappa shape index (κ3) is 4.15. The molecule has 0 aliphatic carbocycles. The molecule has 0 aliphatic heterocycles. The van der Waals surface area contributed by atoms with Gasteiger partial charge in [0.05, 0.1) is 0 Å². The zero-order chi connectivity index (χ0) is 11.1. The maximum Gasteiger partial charge on any atom is 0.103 e. The number of benzene rings is 1. The molecular formula is C13H20N2. The Morgan fingerprint density at radius 3 is 2.40 bits per heavy atom. The van der Waals surface area contributed by atoms with E-state index in [0.29, 0.717) is 0 Å². The van der Waals surface area contributed by atoms with Gasteiger partial charge in [-0.25, -0.2) is 0 Å². The van der Waals surface area contributed by atoms with Gasteiger partial charge in [0, 0.05) is 27.1 Å². The van der Waals surface area contributed by atoms with Gasteiger partial charge in [0.25, 0.3) is 0 Å². The molecule has 2 nitrogen and oxygen atoms in total. The van der Waals surface area contributed by atoms with Crippen molar-refractivity contribution >= 4 is 5.84 Å². The zero-order valence-corrected chi connectivity index (χ0v) is 9.90. The van der Waals surface area contributed by atoms with Crippen molar-refractivity contribution in [2.24, 2.45) is 4.99 Å². The Hall–Kier alpha value is -1.31. The quantitative estimate of drug-likeness (QED) is 0.543. The third-order valence-corrected chi connectivity index (χ3v) is 2.24. The summed E-state index contributed by atoms with van der Waals surface area (Å²) in [7, 11) is 4.11. The average molecular weight is 204 g/mol. The van der Waals surface area contributed by atoms with Gasteiger partial charge in [-0.1, -0.05) is 37.3 Å². The molecule has 0 heterocycles. The summed E-state index contributed by atoms with van der Waals surface area (Å²) in [6, 6.07) is 10.5. The molecule has 0 fully saturated rings. The molecule has 82 valence electrons. The van der Waals surface area contributed by atoms with Gasteiger partial charge in [-0.3, -0.25) is 4.99 Å². The summed E-state index contributed by atoms with van der Waals surface area (Å²) in [5.41, 5.74) is 1.32. The number of nitrogens with zero attached hydrogens (tertiary/aromatic N) is 2. The van der Waals surface area contributed by atoms with E-state index < -0.39 is 0 Å². The van der Waals surface area contributed by atoms with Crippen molar-refractivity contribution in [1.29, 1.82) is 0 Å². The van der Waals surface area contributed by atoms with Gasteiger partial charge in [-0.15, -0.1) is 0 Å². The summed E-state index contributed by atoms with van der Waals surface area (Å²) in [4.78, 5) is 6.68. The van der Waals surface area contributed by atoms with Crippen molar-refractivity contribution in [3.8, 4) is 0 Å². The summed E-state index contributed by atoms with van der Waals surface area (Å²) in [6.07, 6.45) is 2.03. The highest BCUT2D eigenvalue weighted by atomic mass is 15.1. The van der Waals surface area contributed by atoms with Crippen LogP contribution in [0, 0.1) is 0 Å². The number of likely N-dealkylation sites (N-methyl/N-ethyl adjacent to an activating group) is 1. The molecule has 0 saturated heterocycles. The van der Waals surface area contributed by atoms with Crippen LogP contribution >= 0.6 is 0 Å². The SMILES string of the molecule is CCCN=C(Cc1ccccc1)N(C)C. The van der Waals surface area contributed by atoms with Crippen LogP contribution < -0.4 is 0 Å². The van der Waals surface area contributed by atoms with Crippen LogP contribution in [0.1, 0.15) is 18.9 Å². The van der Waals surface area contributed by atoms with Crippen LogP contribution in [0.2, 0.25) is 0 Å². The standard InChI is InChI=1S/C13H20N2/c1-4-10-14-13(15(2)3)11-12-8-6-5-7-9-12/h5-9H,4,10-11H2,1-3H3. The van der Waals surface area contributed by atoms with E-state index in [-0.39, 0.29) is 0 Å². The van der Waals surface area contributed by atoms with Crippen LogP contribution in [0.25, 0.3) is 0 Å². The molecule has 15 heavy (non-hydrogen) atoms. The number of rotatable bonds is 4. The Balaban J connectivity index is 2.67.